The molecule has 1 amide bonds. The second-order valence-corrected chi connectivity index (χ2v) is 3.58. The lowest BCUT2D eigenvalue weighted by molar-refractivity contribution is 0.0992. The number of aromatic nitrogens is 2. The number of hydrogen-bond donors (Lipinski definition) is 1. The van der Waals surface area contributed by atoms with Crippen molar-refractivity contribution >= 4 is 17.3 Å². The fourth-order valence-electron chi connectivity index (χ4n) is 1.42. The molecule has 86 valence electrons. The first-order chi connectivity index (χ1) is 8.18. The maximum Gasteiger partial charge on any atom is 0.261 e. The van der Waals surface area contributed by atoms with Crippen LogP contribution in [-0.2, 0) is 0 Å². The van der Waals surface area contributed by atoms with Gasteiger partial charge in [0.15, 0.2) is 0 Å². The number of carbonyl (C=O) groups excluding carboxylic acids is 1. The molecule has 0 saturated heterocycles. The lowest BCUT2D eigenvalue weighted by Gasteiger charge is -2.16. The number of carbonyl (C=O) groups is 1. The maximum atomic E-state index is 12.0. The summed E-state index contributed by atoms with van der Waals surface area (Å²) in [6, 6.07) is 7.08. The quantitative estimate of drug-likeness (QED) is 0.787. The molecule has 0 aliphatic heterocycles. The van der Waals surface area contributed by atoms with Crippen molar-refractivity contribution in [1.82, 2.24) is 9.97 Å². The van der Waals surface area contributed by atoms with E-state index in [4.69, 9.17) is 5.73 Å². The third-order valence-corrected chi connectivity index (χ3v) is 2.39. The minimum Gasteiger partial charge on any atom is -0.399 e. The van der Waals surface area contributed by atoms with E-state index in [-0.39, 0.29) is 5.91 Å². The number of anilines is 2. The van der Waals surface area contributed by atoms with Crippen LogP contribution < -0.4 is 10.6 Å². The minimum absolute atomic E-state index is 0.157. The third-order valence-electron chi connectivity index (χ3n) is 2.39. The number of nitrogens with zero attached hydrogens (tertiary/aromatic N) is 3. The van der Waals surface area contributed by atoms with Gasteiger partial charge < -0.3 is 10.6 Å². The minimum atomic E-state index is -0.157. The summed E-state index contributed by atoms with van der Waals surface area (Å²) in [5.41, 5.74) is 7.48. The largest absolute Gasteiger partial charge is 0.399 e. The van der Waals surface area contributed by atoms with Crippen molar-refractivity contribution in [3.05, 3.63) is 48.5 Å². The molecule has 17 heavy (non-hydrogen) atoms. The molecule has 2 rings (SSSR count). The molecule has 2 N–H and O–H groups in total. The second kappa shape index (κ2) is 4.61. The molecule has 0 aliphatic carbocycles. The Labute approximate surface area is 98.9 Å². The van der Waals surface area contributed by atoms with Crippen LogP contribution in [0.25, 0.3) is 0 Å². The van der Waals surface area contributed by atoms with Crippen molar-refractivity contribution in [2.24, 2.45) is 0 Å². The zero-order chi connectivity index (χ0) is 12.3. The SMILES string of the molecule is CN(C(=O)c1cncnc1)c1ccc(N)cc1. The average Bonchev–Trinajstić information content (AvgIpc) is 2.39. The van der Waals surface area contributed by atoms with Gasteiger partial charge in [-0.3, -0.25) is 4.79 Å². The Hall–Kier alpha value is -2.43. The Balaban J connectivity index is 2.23. The molecule has 0 fully saturated rings. The summed E-state index contributed by atoms with van der Waals surface area (Å²) in [7, 11) is 1.70. The lowest BCUT2D eigenvalue weighted by Crippen LogP contribution is -2.26. The summed E-state index contributed by atoms with van der Waals surface area (Å²) in [5, 5.41) is 0. The highest BCUT2D eigenvalue weighted by molar-refractivity contribution is 6.05. The van der Waals surface area contributed by atoms with Crippen LogP contribution in [0.3, 0.4) is 0 Å². The van der Waals surface area contributed by atoms with E-state index in [2.05, 4.69) is 9.97 Å². The highest BCUT2D eigenvalue weighted by Crippen LogP contribution is 2.16. The highest BCUT2D eigenvalue weighted by atomic mass is 16.2. The van der Waals surface area contributed by atoms with Crippen molar-refractivity contribution in [1.29, 1.82) is 0 Å². The second-order valence-electron chi connectivity index (χ2n) is 3.58. The van der Waals surface area contributed by atoms with Crippen LogP contribution in [0.2, 0.25) is 0 Å². The van der Waals surface area contributed by atoms with Gasteiger partial charge in [-0.15, -0.1) is 0 Å². The molecular formula is C12H12N4O. The summed E-state index contributed by atoms with van der Waals surface area (Å²) < 4.78 is 0. The summed E-state index contributed by atoms with van der Waals surface area (Å²) in [6.45, 7) is 0. The zero-order valence-corrected chi connectivity index (χ0v) is 9.37. The highest BCUT2D eigenvalue weighted by Gasteiger charge is 2.13. The van der Waals surface area contributed by atoms with E-state index in [1.807, 2.05) is 0 Å². The number of rotatable bonds is 2. The van der Waals surface area contributed by atoms with Gasteiger partial charge in [-0.05, 0) is 24.3 Å². The van der Waals surface area contributed by atoms with Crippen molar-refractivity contribution in [2.45, 2.75) is 0 Å². The van der Waals surface area contributed by atoms with E-state index in [9.17, 15) is 4.79 Å². The molecule has 1 aromatic carbocycles. The van der Waals surface area contributed by atoms with Crippen LogP contribution in [0.1, 0.15) is 10.4 Å². The van der Waals surface area contributed by atoms with Crippen LogP contribution in [0.4, 0.5) is 11.4 Å². The van der Waals surface area contributed by atoms with Gasteiger partial charge in [-0.2, -0.15) is 0 Å². The maximum absolute atomic E-state index is 12.0. The third kappa shape index (κ3) is 2.39. The Morgan fingerprint density at radius 1 is 1.18 bits per heavy atom. The van der Waals surface area contributed by atoms with Gasteiger partial charge in [0.05, 0.1) is 5.56 Å². The first-order valence-electron chi connectivity index (χ1n) is 5.07. The van der Waals surface area contributed by atoms with Gasteiger partial charge in [0.2, 0.25) is 0 Å². The van der Waals surface area contributed by atoms with Gasteiger partial charge in [-0.1, -0.05) is 0 Å². The molecular weight excluding hydrogens is 216 g/mol. The number of amides is 1. The first kappa shape index (κ1) is 11.1. The molecule has 0 spiro atoms. The monoisotopic (exact) mass is 228 g/mol. The van der Waals surface area contributed by atoms with Gasteiger partial charge in [0, 0.05) is 30.8 Å². The number of benzene rings is 1. The smallest absolute Gasteiger partial charge is 0.261 e. The standard InChI is InChI=1S/C12H12N4O/c1-16(11-4-2-10(13)3-5-11)12(17)9-6-14-8-15-7-9/h2-8H,13H2,1H3. The normalized spacial score (nSPS) is 9.94. The summed E-state index contributed by atoms with van der Waals surface area (Å²) >= 11 is 0. The molecule has 0 radical (unpaired) electrons. The van der Waals surface area contributed by atoms with Gasteiger partial charge in [0.25, 0.3) is 5.91 Å². The first-order valence-corrected chi connectivity index (χ1v) is 5.07. The number of hydrogen-bond acceptors (Lipinski definition) is 4. The van der Waals surface area contributed by atoms with E-state index in [1.165, 1.54) is 23.6 Å². The molecule has 0 bridgehead atoms. The van der Waals surface area contributed by atoms with Crippen LogP contribution >= 0.6 is 0 Å². The van der Waals surface area contributed by atoms with Crippen molar-refractivity contribution in [3.8, 4) is 0 Å². The van der Waals surface area contributed by atoms with Crippen molar-refractivity contribution in [3.63, 3.8) is 0 Å². The van der Waals surface area contributed by atoms with Gasteiger partial charge in [0.1, 0.15) is 6.33 Å². The predicted octanol–water partition coefficient (Wildman–Crippen LogP) is 1.34. The van der Waals surface area contributed by atoms with Gasteiger partial charge in [-0.25, -0.2) is 9.97 Å². The van der Waals surface area contributed by atoms with Crippen LogP contribution in [0, 0.1) is 0 Å². The summed E-state index contributed by atoms with van der Waals surface area (Å²) in [4.78, 5) is 21.2. The average molecular weight is 228 g/mol. The molecule has 0 saturated carbocycles. The van der Waals surface area contributed by atoms with E-state index in [0.717, 1.165) is 5.69 Å². The van der Waals surface area contributed by atoms with Crippen LogP contribution in [0.15, 0.2) is 43.0 Å². The molecule has 0 aliphatic rings. The Kier molecular flexibility index (Phi) is 3.00. The zero-order valence-electron chi connectivity index (χ0n) is 9.37. The van der Waals surface area contributed by atoms with Crippen molar-refractivity contribution in [2.75, 3.05) is 17.7 Å². The molecule has 0 atom stereocenters. The summed E-state index contributed by atoms with van der Waals surface area (Å²) in [5.74, 6) is -0.157. The van der Waals surface area contributed by atoms with E-state index < -0.39 is 0 Å². The fraction of sp³-hybridized carbons (Fsp3) is 0.0833. The molecule has 2 aromatic rings. The van der Waals surface area contributed by atoms with Crippen LogP contribution in [0.5, 0.6) is 0 Å². The Morgan fingerprint density at radius 3 is 2.35 bits per heavy atom. The van der Waals surface area contributed by atoms with E-state index in [0.29, 0.717) is 11.3 Å². The van der Waals surface area contributed by atoms with E-state index in [1.54, 1.807) is 31.3 Å². The Morgan fingerprint density at radius 2 is 1.76 bits per heavy atom. The topological polar surface area (TPSA) is 72.1 Å². The molecule has 1 aromatic heterocycles. The Bertz CT molecular complexity index is 510. The predicted molar refractivity (Wildman–Crippen MR) is 65.6 cm³/mol. The molecule has 1 heterocycles. The van der Waals surface area contributed by atoms with Crippen LogP contribution in [-0.4, -0.2) is 22.9 Å². The van der Waals surface area contributed by atoms with E-state index >= 15 is 0 Å². The molecule has 5 heteroatoms. The lowest BCUT2D eigenvalue weighted by atomic mass is 10.2. The molecule has 5 nitrogen and oxygen atoms in total. The number of nitrogens with two attached hydrogens (primary N) is 1. The number of nitrogen functional groups attached to an aromatic ring is 1. The summed E-state index contributed by atoms with van der Waals surface area (Å²) in [6.07, 6.45) is 4.37. The molecule has 0 unspecified atom stereocenters. The fourth-order valence-corrected chi connectivity index (χ4v) is 1.42. The van der Waals surface area contributed by atoms with Gasteiger partial charge >= 0.3 is 0 Å². The van der Waals surface area contributed by atoms with Crippen molar-refractivity contribution < 1.29 is 4.79 Å².